The van der Waals surface area contributed by atoms with Crippen LogP contribution in [-0.2, 0) is 0 Å². The first-order chi connectivity index (χ1) is 11.0. The number of halogens is 1. The molecule has 0 amide bonds. The first-order valence-corrected chi connectivity index (χ1v) is 7.16. The minimum absolute atomic E-state index is 0.0534. The predicted molar refractivity (Wildman–Crippen MR) is 87.7 cm³/mol. The predicted octanol–water partition coefficient (Wildman–Crippen LogP) is 3.40. The summed E-state index contributed by atoms with van der Waals surface area (Å²) in [6.45, 7) is 0. The minimum Gasteiger partial charge on any atom is -0.383 e. The standard InChI is InChI=1S/C18H16FN3O/c1-21(2)10-9-17(23)14-5-3-13(4-6-14)16-12-22-11-15(19)7-8-18(22)20-16/h3-12H,1-2H3/b10-9+. The second kappa shape index (κ2) is 6.04. The normalized spacial score (nSPS) is 11.3. The third-order valence-corrected chi connectivity index (χ3v) is 3.40. The molecule has 1 aromatic carbocycles. The van der Waals surface area contributed by atoms with Crippen molar-refractivity contribution in [2.75, 3.05) is 14.1 Å². The molecule has 0 aliphatic carbocycles. The van der Waals surface area contributed by atoms with Crippen LogP contribution in [0.3, 0.4) is 0 Å². The van der Waals surface area contributed by atoms with Gasteiger partial charge in [-0.25, -0.2) is 9.37 Å². The highest BCUT2D eigenvalue weighted by Gasteiger charge is 2.07. The van der Waals surface area contributed by atoms with Crippen LogP contribution in [-0.4, -0.2) is 34.2 Å². The van der Waals surface area contributed by atoms with Crippen molar-refractivity contribution in [3.05, 3.63) is 72.4 Å². The molecule has 0 radical (unpaired) electrons. The summed E-state index contributed by atoms with van der Waals surface area (Å²) in [5.41, 5.74) is 2.90. The first kappa shape index (κ1) is 15.0. The average Bonchev–Trinajstić information content (AvgIpc) is 2.95. The third kappa shape index (κ3) is 3.29. The van der Waals surface area contributed by atoms with Crippen LogP contribution < -0.4 is 0 Å². The van der Waals surface area contributed by atoms with Crippen LogP contribution in [0.1, 0.15) is 10.4 Å². The molecule has 0 unspecified atom stereocenters. The molecule has 0 saturated carbocycles. The number of ketones is 1. The summed E-state index contributed by atoms with van der Waals surface area (Å²) >= 11 is 0. The van der Waals surface area contributed by atoms with Gasteiger partial charge in [0, 0.05) is 49.9 Å². The first-order valence-electron chi connectivity index (χ1n) is 7.16. The quantitative estimate of drug-likeness (QED) is 0.547. The molecule has 0 spiro atoms. The van der Waals surface area contributed by atoms with Gasteiger partial charge in [0.05, 0.1) is 5.69 Å². The fraction of sp³-hybridized carbons (Fsp3) is 0.111. The summed E-state index contributed by atoms with van der Waals surface area (Å²) < 4.78 is 14.9. The van der Waals surface area contributed by atoms with E-state index in [0.717, 1.165) is 11.3 Å². The van der Waals surface area contributed by atoms with Crippen molar-refractivity contribution < 1.29 is 9.18 Å². The highest BCUT2D eigenvalue weighted by Crippen LogP contribution is 2.20. The zero-order chi connectivity index (χ0) is 16.4. The smallest absolute Gasteiger partial charge is 0.187 e. The Bertz CT molecular complexity index is 879. The van der Waals surface area contributed by atoms with Crippen molar-refractivity contribution in [3.8, 4) is 11.3 Å². The molecule has 116 valence electrons. The molecule has 23 heavy (non-hydrogen) atoms. The van der Waals surface area contributed by atoms with E-state index in [1.165, 1.54) is 18.3 Å². The van der Waals surface area contributed by atoms with E-state index in [1.807, 2.05) is 31.1 Å². The molecule has 0 atom stereocenters. The molecule has 0 saturated heterocycles. The van der Waals surface area contributed by atoms with Crippen LogP contribution in [0.5, 0.6) is 0 Å². The molecule has 0 bridgehead atoms. The number of fused-ring (bicyclic) bond motifs is 1. The third-order valence-electron chi connectivity index (χ3n) is 3.40. The molecule has 0 aliphatic heterocycles. The van der Waals surface area contributed by atoms with E-state index in [9.17, 15) is 9.18 Å². The van der Waals surface area contributed by atoms with Crippen molar-refractivity contribution in [3.63, 3.8) is 0 Å². The van der Waals surface area contributed by atoms with Crippen LogP contribution in [0.15, 0.2) is 61.1 Å². The molecule has 3 aromatic rings. The van der Waals surface area contributed by atoms with Crippen LogP contribution in [0.2, 0.25) is 0 Å². The highest BCUT2D eigenvalue weighted by atomic mass is 19.1. The van der Waals surface area contributed by atoms with E-state index in [0.29, 0.717) is 11.2 Å². The molecule has 2 aromatic heterocycles. The number of carbonyl (C=O) groups excluding carboxylic acids is 1. The van der Waals surface area contributed by atoms with E-state index in [4.69, 9.17) is 0 Å². The maximum atomic E-state index is 13.2. The number of hydrogen-bond donors (Lipinski definition) is 0. The lowest BCUT2D eigenvalue weighted by molar-refractivity contribution is 0.104. The number of aromatic nitrogens is 2. The lowest BCUT2D eigenvalue weighted by Crippen LogP contribution is -2.03. The van der Waals surface area contributed by atoms with Crippen LogP contribution in [0.4, 0.5) is 4.39 Å². The number of allylic oxidation sites excluding steroid dienone is 1. The maximum Gasteiger partial charge on any atom is 0.187 e. The Morgan fingerprint density at radius 2 is 1.87 bits per heavy atom. The van der Waals surface area contributed by atoms with Crippen molar-refractivity contribution in [2.24, 2.45) is 0 Å². The van der Waals surface area contributed by atoms with Crippen molar-refractivity contribution in [1.82, 2.24) is 14.3 Å². The van der Waals surface area contributed by atoms with E-state index in [1.54, 1.807) is 35.0 Å². The Labute approximate surface area is 133 Å². The number of carbonyl (C=O) groups is 1. The molecule has 3 rings (SSSR count). The van der Waals surface area contributed by atoms with E-state index < -0.39 is 0 Å². The Morgan fingerprint density at radius 1 is 1.13 bits per heavy atom. The van der Waals surface area contributed by atoms with Gasteiger partial charge < -0.3 is 9.30 Å². The number of hydrogen-bond acceptors (Lipinski definition) is 3. The zero-order valence-electron chi connectivity index (χ0n) is 12.9. The van der Waals surface area contributed by atoms with Gasteiger partial charge in [0.2, 0.25) is 0 Å². The summed E-state index contributed by atoms with van der Waals surface area (Å²) in [6.07, 6.45) is 6.40. The molecule has 0 aliphatic rings. The molecule has 0 N–H and O–H groups in total. The van der Waals surface area contributed by atoms with Crippen molar-refractivity contribution >= 4 is 11.4 Å². The second-order valence-corrected chi connectivity index (χ2v) is 5.46. The number of nitrogens with zero attached hydrogens (tertiary/aromatic N) is 3. The monoisotopic (exact) mass is 309 g/mol. The highest BCUT2D eigenvalue weighted by molar-refractivity contribution is 6.04. The second-order valence-electron chi connectivity index (χ2n) is 5.46. The Morgan fingerprint density at radius 3 is 2.57 bits per heavy atom. The molecule has 0 fully saturated rings. The fourth-order valence-corrected chi connectivity index (χ4v) is 2.22. The number of pyridine rings is 1. The molecular weight excluding hydrogens is 293 g/mol. The minimum atomic E-state index is -0.310. The Hall–Kier alpha value is -2.95. The van der Waals surface area contributed by atoms with Gasteiger partial charge in [0.15, 0.2) is 5.78 Å². The number of imidazole rings is 1. The van der Waals surface area contributed by atoms with Crippen molar-refractivity contribution in [2.45, 2.75) is 0 Å². The molecule has 2 heterocycles. The molecule has 4 nitrogen and oxygen atoms in total. The van der Waals surface area contributed by atoms with Gasteiger partial charge in [-0.2, -0.15) is 0 Å². The lowest BCUT2D eigenvalue weighted by Gasteiger charge is -2.03. The van der Waals surface area contributed by atoms with Gasteiger partial charge in [0.1, 0.15) is 11.5 Å². The fourth-order valence-electron chi connectivity index (χ4n) is 2.22. The lowest BCUT2D eigenvalue weighted by atomic mass is 10.1. The van der Waals surface area contributed by atoms with E-state index >= 15 is 0 Å². The van der Waals surface area contributed by atoms with Gasteiger partial charge in [-0.1, -0.05) is 24.3 Å². The Balaban J connectivity index is 1.87. The van der Waals surface area contributed by atoms with E-state index in [2.05, 4.69) is 4.98 Å². The SMILES string of the molecule is CN(C)/C=C/C(=O)c1ccc(-c2cn3cc(F)ccc3n2)cc1. The summed E-state index contributed by atoms with van der Waals surface area (Å²) in [5, 5.41) is 0. The van der Waals surface area contributed by atoms with E-state index in [-0.39, 0.29) is 11.6 Å². The zero-order valence-corrected chi connectivity index (χ0v) is 12.9. The van der Waals surface area contributed by atoms with Gasteiger partial charge in [-0.05, 0) is 12.1 Å². The van der Waals surface area contributed by atoms with Crippen molar-refractivity contribution in [1.29, 1.82) is 0 Å². The molecular formula is C18H16FN3O. The topological polar surface area (TPSA) is 37.6 Å². The van der Waals surface area contributed by atoms with Gasteiger partial charge in [-0.3, -0.25) is 4.79 Å². The summed E-state index contributed by atoms with van der Waals surface area (Å²) in [6, 6.07) is 10.2. The summed E-state index contributed by atoms with van der Waals surface area (Å²) in [7, 11) is 3.72. The van der Waals surface area contributed by atoms with Crippen LogP contribution in [0.25, 0.3) is 16.9 Å². The number of benzene rings is 1. The average molecular weight is 309 g/mol. The molecule has 5 heteroatoms. The number of rotatable bonds is 4. The van der Waals surface area contributed by atoms with Gasteiger partial charge in [0.25, 0.3) is 0 Å². The summed E-state index contributed by atoms with van der Waals surface area (Å²) in [5.74, 6) is -0.364. The maximum absolute atomic E-state index is 13.2. The van der Waals surface area contributed by atoms with Gasteiger partial charge in [-0.15, -0.1) is 0 Å². The summed E-state index contributed by atoms with van der Waals surface area (Å²) in [4.78, 5) is 18.3. The largest absolute Gasteiger partial charge is 0.383 e. The Kier molecular flexibility index (Phi) is 3.93. The van der Waals surface area contributed by atoms with Crippen LogP contribution in [0, 0.1) is 5.82 Å². The van der Waals surface area contributed by atoms with Crippen LogP contribution >= 0.6 is 0 Å². The van der Waals surface area contributed by atoms with Gasteiger partial charge >= 0.3 is 0 Å².